The van der Waals surface area contributed by atoms with Crippen molar-refractivity contribution in [2.24, 2.45) is 0 Å². The van der Waals surface area contributed by atoms with Gasteiger partial charge in [0.1, 0.15) is 0 Å². The first-order valence-electron chi connectivity index (χ1n) is 6.06. The lowest BCUT2D eigenvalue weighted by atomic mass is 9.89. The molecule has 0 amide bonds. The van der Waals surface area contributed by atoms with E-state index in [1.54, 1.807) is 18.2 Å². The van der Waals surface area contributed by atoms with Crippen LogP contribution in [0.4, 0.5) is 13.2 Å². The number of aryl methyl sites for hydroxylation is 1. The van der Waals surface area contributed by atoms with Crippen molar-refractivity contribution in [2.45, 2.75) is 19.0 Å². The van der Waals surface area contributed by atoms with Gasteiger partial charge in [-0.3, -0.25) is 0 Å². The van der Waals surface area contributed by atoms with E-state index in [0.29, 0.717) is 5.56 Å². The lowest BCUT2D eigenvalue weighted by molar-refractivity contribution is -0.137. The van der Waals surface area contributed by atoms with Crippen LogP contribution in [0.25, 0.3) is 0 Å². The van der Waals surface area contributed by atoms with Gasteiger partial charge in [0.25, 0.3) is 0 Å². The second kappa shape index (κ2) is 5.38. The monoisotopic (exact) mass is 275 g/mol. The van der Waals surface area contributed by atoms with Crippen molar-refractivity contribution in [1.82, 2.24) is 0 Å². The molecule has 0 bridgehead atoms. The summed E-state index contributed by atoms with van der Waals surface area (Å²) < 4.78 is 38.2. The molecule has 0 heterocycles. The molecule has 0 aliphatic heterocycles. The Labute approximate surface area is 115 Å². The van der Waals surface area contributed by atoms with Crippen molar-refractivity contribution < 1.29 is 13.2 Å². The zero-order valence-electron chi connectivity index (χ0n) is 10.8. The highest BCUT2D eigenvalue weighted by Gasteiger charge is 2.31. The quantitative estimate of drug-likeness (QED) is 0.781. The predicted molar refractivity (Wildman–Crippen MR) is 70.1 cm³/mol. The third-order valence-corrected chi connectivity index (χ3v) is 3.18. The lowest BCUT2D eigenvalue weighted by Crippen LogP contribution is -2.07. The Morgan fingerprint density at radius 1 is 1.05 bits per heavy atom. The third kappa shape index (κ3) is 2.83. The first-order chi connectivity index (χ1) is 9.43. The van der Waals surface area contributed by atoms with E-state index in [1.165, 1.54) is 6.07 Å². The summed E-state index contributed by atoms with van der Waals surface area (Å²) in [6.45, 7) is 1.84. The molecular formula is C16H12F3N. The molecule has 1 unspecified atom stereocenters. The van der Waals surface area contributed by atoms with Gasteiger partial charge in [-0.15, -0.1) is 0 Å². The normalized spacial score (nSPS) is 12.8. The average Bonchev–Trinajstić information content (AvgIpc) is 2.41. The molecule has 0 aliphatic rings. The Bertz CT molecular complexity index is 653. The van der Waals surface area contributed by atoms with Gasteiger partial charge in [0.2, 0.25) is 0 Å². The number of hydrogen-bond acceptors (Lipinski definition) is 1. The predicted octanol–water partition coefficient (Wildman–Crippen LogP) is 4.67. The summed E-state index contributed by atoms with van der Waals surface area (Å²) in [7, 11) is 0. The highest BCUT2D eigenvalue weighted by atomic mass is 19.4. The second-order valence-electron chi connectivity index (χ2n) is 4.54. The zero-order chi connectivity index (χ0) is 14.8. The average molecular weight is 275 g/mol. The second-order valence-corrected chi connectivity index (χ2v) is 4.54. The fraction of sp³-hybridized carbons (Fsp3) is 0.188. The molecule has 0 saturated heterocycles. The number of alkyl halides is 3. The van der Waals surface area contributed by atoms with Crippen molar-refractivity contribution in [1.29, 1.82) is 5.26 Å². The van der Waals surface area contributed by atoms with E-state index in [4.69, 9.17) is 0 Å². The Morgan fingerprint density at radius 3 is 2.35 bits per heavy atom. The molecule has 0 spiro atoms. The molecule has 2 aromatic rings. The molecule has 0 saturated carbocycles. The Kier molecular flexibility index (Phi) is 3.80. The molecule has 0 aromatic heterocycles. The summed E-state index contributed by atoms with van der Waals surface area (Å²) >= 11 is 0. The summed E-state index contributed by atoms with van der Waals surface area (Å²) in [5, 5.41) is 9.32. The molecular weight excluding hydrogens is 263 g/mol. The van der Waals surface area contributed by atoms with Crippen molar-refractivity contribution in [3.8, 4) is 6.07 Å². The van der Waals surface area contributed by atoms with E-state index in [9.17, 15) is 18.4 Å². The van der Waals surface area contributed by atoms with Gasteiger partial charge >= 0.3 is 6.18 Å². The Morgan fingerprint density at radius 2 is 1.75 bits per heavy atom. The smallest absolute Gasteiger partial charge is 0.197 e. The van der Waals surface area contributed by atoms with E-state index in [0.717, 1.165) is 23.3 Å². The van der Waals surface area contributed by atoms with E-state index in [2.05, 4.69) is 6.07 Å². The van der Waals surface area contributed by atoms with Crippen LogP contribution in [0.5, 0.6) is 0 Å². The third-order valence-electron chi connectivity index (χ3n) is 3.18. The molecule has 0 N–H and O–H groups in total. The van der Waals surface area contributed by atoms with Gasteiger partial charge in [0.05, 0.1) is 17.6 Å². The fourth-order valence-electron chi connectivity index (χ4n) is 2.13. The highest BCUT2D eigenvalue weighted by Crippen LogP contribution is 2.33. The van der Waals surface area contributed by atoms with Crippen molar-refractivity contribution in [2.75, 3.05) is 0 Å². The molecule has 2 aromatic carbocycles. The maximum absolute atomic E-state index is 12.7. The van der Waals surface area contributed by atoms with Crippen LogP contribution in [0.15, 0.2) is 48.5 Å². The van der Waals surface area contributed by atoms with E-state index < -0.39 is 17.7 Å². The van der Waals surface area contributed by atoms with Gasteiger partial charge in [-0.2, -0.15) is 18.4 Å². The summed E-state index contributed by atoms with van der Waals surface area (Å²) in [4.78, 5) is 0. The van der Waals surface area contributed by atoms with Crippen LogP contribution in [0.1, 0.15) is 28.2 Å². The van der Waals surface area contributed by atoms with Crippen LogP contribution in [-0.4, -0.2) is 0 Å². The number of nitriles is 1. The summed E-state index contributed by atoms with van der Waals surface area (Å²) in [5.41, 5.74) is 1.24. The molecule has 0 aliphatic carbocycles. The first-order valence-corrected chi connectivity index (χ1v) is 6.06. The topological polar surface area (TPSA) is 23.8 Å². The minimum absolute atomic E-state index is 0.358. The summed E-state index contributed by atoms with van der Waals surface area (Å²) in [5.74, 6) is -0.696. The van der Waals surface area contributed by atoms with Crippen molar-refractivity contribution in [3.05, 3.63) is 70.8 Å². The molecule has 1 atom stereocenters. The molecule has 0 fully saturated rings. The Balaban J connectivity index is 2.49. The van der Waals surface area contributed by atoms with Crippen LogP contribution < -0.4 is 0 Å². The van der Waals surface area contributed by atoms with Gasteiger partial charge in [-0.25, -0.2) is 0 Å². The van der Waals surface area contributed by atoms with E-state index in [1.807, 2.05) is 19.1 Å². The van der Waals surface area contributed by atoms with Gasteiger partial charge in [-0.05, 0) is 29.7 Å². The Hall–Kier alpha value is -2.28. The van der Waals surface area contributed by atoms with E-state index >= 15 is 0 Å². The maximum Gasteiger partial charge on any atom is 0.416 e. The fourth-order valence-corrected chi connectivity index (χ4v) is 2.13. The van der Waals surface area contributed by atoms with Crippen LogP contribution in [0.3, 0.4) is 0 Å². The van der Waals surface area contributed by atoms with Crippen LogP contribution in [-0.2, 0) is 6.18 Å². The van der Waals surface area contributed by atoms with Crippen molar-refractivity contribution >= 4 is 0 Å². The molecule has 4 heteroatoms. The van der Waals surface area contributed by atoms with Gasteiger partial charge in [0.15, 0.2) is 0 Å². The molecule has 2 rings (SSSR count). The van der Waals surface area contributed by atoms with E-state index in [-0.39, 0.29) is 0 Å². The lowest BCUT2D eigenvalue weighted by Gasteiger charge is -2.14. The zero-order valence-corrected chi connectivity index (χ0v) is 10.8. The maximum atomic E-state index is 12.7. The van der Waals surface area contributed by atoms with Crippen molar-refractivity contribution in [3.63, 3.8) is 0 Å². The first kappa shape index (κ1) is 14.1. The van der Waals surface area contributed by atoms with Gasteiger partial charge < -0.3 is 0 Å². The van der Waals surface area contributed by atoms with Gasteiger partial charge in [-0.1, -0.05) is 42.5 Å². The number of hydrogen-bond donors (Lipinski definition) is 0. The highest BCUT2D eigenvalue weighted by molar-refractivity contribution is 5.43. The van der Waals surface area contributed by atoms with Gasteiger partial charge in [0, 0.05) is 0 Å². The summed E-state index contributed by atoms with van der Waals surface area (Å²) in [6, 6.07) is 14.2. The largest absolute Gasteiger partial charge is 0.416 e. The summed E-state index contributed by atoms with van der Waals surface area (Å²) in [6.07, 6.45) is -4.40. The minimum Gasteiger partial charge on any atom is -0.197 e. The molecule has 0 radical (unpaired) electrons. The number of benzene rings is 2. The van der Waals surface area contributed by atoms with Crippen LogP contribution >= 0.6 is 0 Å². The number of rotatable bonds is 2. The molecule has 20 heavy (non-hydrogen) atoms. The SMILES string of the molecule is Cc1ccccc1C(C#N)c1cccc(C(F)(F)F)c1. The van der Waals surface area contributed by atoms with Crippen LogP contribution in [0, 0.1) is 18.3 Å². The number of nitrogens with zero attached hydrogens (tertiary/aromatic N) is 1. The molecule has 1 nitrogen and oxygen atoms in total. The molecule has 102 valence electrons. The van der Waals surface area contributed by atoms with Crippen LogP contribution in [0.2, 0.25) is 0 Å². The standard InChI is InChI=1S/C16H12F3N/c1-11-5-2-3-8-14(11)15(10-20)12-6-4-7-13(9-12)16(17,18)19/h2-9,15H,1H3. The minimum atomic E-state index is -4.40. The number of halogens is 3.